The Morgan fingerprint density at radius 1 is 1.64 bits per heavy atom. The topological polar surface area (TPSA) is 79.0 Å². The Bertz CT molecular complexity index is 400. The second-order valence-corrected chi connectivity index (χ2v) is 2.43. The number of nitro groups is 1. The van der Waals surface area contributed by atoms with Gasteiger partial charge in [0.2, 0.25) is 5.82 Å². The monoisotopic (exact) mass is 195 g/mol. The molecule has 6 heteroatoms. The number of nitrogens with one attached hydrogen (secondary N) is 1. The fourth-order valence-corrected chi connectivity index (χ4v) is 0.904. The average Bonchev–Trinajstić information content (AvgIpc) is 2.16. The molecule has 1 N–H and O–H groups in total. The summed E-state index contributed by atoms with van der Waals surface area (Å²) in [7, 11) is 0. The minimum atomic E-state index is -0.891. The second-order valence-electron chi connectivity index (χ2n) is 2.43. The molecule has 0 aliphatic carbocycles. The van der Waals surface area contributed by atoms with E-state index < -0.39 is 16.4 Å². The maximum Gasteiger partial charge on any atom is 0.306 e. The molecule has 5 nitrogen and oxygen atoms in total. The second kappa shape index (κ2) is 4.18. The molecule has 0 aliphatic rings. The molecule has 0 fully saturated rings. The first-order chi connectivity index (χ1) is 6.65. The molecular formula is C8H6FN3O2. The van der Waals surface area contributed by atoms with Crippen molar-refractivity contribution in [2.45, 2.75) is 0 Å². The number of halogens is 1. The molecule has 0 heterocycles. The lowest BCUT2D eigenvalue weighted by atomic mass is 10.2. The SMILES string of the molecule is N#CCNc1ccc(F)c([N+](=O)[O-])c1. The van der Waals surface area contributed by atoms with E-state index in [-0.39, 0.29) is 6.54 Å². The third-order valence-corrected chi connectivity index (χ3v) is 1.51. The molecule has 1 aromatic carbocycles. The molecule has 0 saturated carbocycles. The Kier molecular flexibility index (Phi) is 2.97. The van der Waals surface area contributed by atoms with Crippen molar-refractivity contribution in [2.75, 3.05) is 11.9 Å². The van der Waals surface area contributed by atoms with Crippen LogP contribution in [-0.2, 0) is 0 Å². The molecule has 0 unspecified atom stereocenters. The first-order valence-electron chi connectivity index (χ1n) is 3.70. The van der Waals surface area contributed by atoms with Gasteiger partial charge in [-0.15, -0.1) is 0 Å². The third kappa shape index (κ3) is 2.17. The van der Waals surface area contributed by atoms with Crippen molar-refractivity contribution in [2.24, 2.45) is 0 Å². The zero-order valence-electron chi connectivity index (χ0n) is 7.03. The molecule has 0 saturated heterocycles. The summed E-state index contributed by atoms with van der Waals surface area (Å²) in [6.07, 6.45) is 0. The van der Waals surface area contributed by atoms with Gasteiger partial charge in [-0.1, -0.05) is 0 Å². The average molecular weight is 195 g/mol. The van der Waals surface area contributed by atoms with Crippen molar-refractivity contribution in [1.82, 2.24) is 0 Å². The summed E-state index contributed by atoms with van der Waals surface area (Å²) in [5, 5.41) is 21.1. The van der Waals surface area contributed by atoms with E-state index in [2.05, 4.69) is 5.32 Å². The van der Waals surface area contributed by atoms with E-state index in [1.165, 1.54) is 6.07 Å². The number of benzene rings is 1. The quantitative estimate of drug-likeness (QED) is 0.452. The molecule has 0 aliphatic heterocycles. The van der Waals surface area contributed by atoms with Crippen molar-refractivity contribution in [3.63, 3.8) is 0 Å². The van der Waals surface area contributed by atoms with Gasteiger partial charge >= 0.3 is 5.69 Å². The smallest absolute Gasteiger partial charge is 0.306 e. The predicted molar refractivity (Wildman–Crippen MR) is 47.2 cm³/mol. The van der Waals surface area contributed by atoms with Gasteiger partial charge in [0, 0.05) is 11.8 Å². The minimum Gasteiger partial charge on any atom is -0.372 e. The van der Waals surface area contributed by atoms with Crippen LogP contribution in [-0.4, -0.2) is 11.5 Å². The maximum absolute atomic E-state index is 12.8. The first-order valence-corrected chi connectivity index (χ1v) is 3.70. The van der Waals surface area contributed by atoms with Crippen molar-refractivity contribution in [3.8, 4) is 6.07 Å². The summed E-state index contributed by atoms with van der Waals surface area (Å²) in [6.45, 7) is 0.0167. The van der Waals surface area contributed by atoms with Crippen LogP contribution in [0.4, 0.5) is 15.8 Å². The Hall–Kier alpha value is -2.16. The van der Waals surface area contributed by atoms with E-state index in [1.54, 1.807) is 6.07 Å². The number of anilines is 1. The maximum atomic E-state index is 12.8. The van der Waals surface area contributed by atoms with Crippen LogP contribution in [0.25, 0.3) is 0 Å². The van der Waals surface area contributed by atoms with E-state index in [9.17, 15) is 14.5 Å². The predicted octanol–water partition coefficient (Wildman–Crippen LogP) is 1.67. The highest BCUT2D eigenvalue weighted by Gasteiger charge is 2.13. The number of rotatable bonds is 3. The lowest BCUT2D eigenvalue weighted by molar-refractivity contribution is -0.387. The van der Waals surface area contributed by atoms with Crippen LogP contribution in [0.3, 0.4) is 0 Å². The molecular weight excluding hydrogens is 189 g/mol. The summed E-state index contributed by atoms with van der Waals surface area (Å²) < 4.78 is 12.8. The fourth-order valence-electron chi connectivity index (χ4n) is 0.904. The van der Waals surface area contributed by atoms with E-state index in [4.69, 9.17) is 5.26 Å². The molecule has 0 bridgehead atoms. The standard InChI is InChI=1S/C8H6FN3O2/c9-7-2-1-6(11-4-3-10)5-8(7)12(13)14/h1-2,5,11H,4H2. The highest BCUT2D eigenvalue weighted by Crippen LogP contribution is 2.21. The molecule has 0 spiro atoms. The van der Waals surface area contributed by atoms with E-state index in [1.807, 2.05) is 0 Å². The van der Waals surface area contributed by atoms with Gasteiger partial charge in [0.05, 0.1) is 11.0 Å². The molecule has 1 rings (SSSR count). The highest BCUT2D eigenvalue weighted by molar-refractivity contribution is 5.52. The van der Waals surface area contributed by atoms with Gasteiger partial charge in [-0.2, -0.15) is 9.65 Å². The lowest BCUT2D eigenvalue weighted by Crippen LogP contribution is -2.00. The van der Waals surface area contributed by atoms with Crippen molar-refractivity contribution in [3.05, 3.63) is 34.1 Å². The normalized spacial score (nSPS) is 9.14. The zero-order chi connectivity index (χ0) is 10.6. The molecule has 0 amide bonds. The van der Waals surface area contributed by atoms with Gasteiger partial charge in [0.1, 0.15) is 6.54 Å². The van der Waals surface area contributed by atoms with E-state index in [0.717, 1.165) is 12.1 Å². The molecule has 0 aromatic heterocycles. The summed E-state index contributed by atoms with van der Waals surface area (Å²) in [5.41, 5.74) is -0.257. The van der Waals surface area contributed by atoms with Crippen molar-refractivity contribution in [1.29, 1.82) is 5.26 Å². The van der Waals surface area contributed by atoms with Gasteiger partial charge in [0.25, 0.3) is 0 Å². The summed E-state index contributed by atoms with van der Waals surface area (Å²) in [4.78, 5) is 9.51. The highest BCUT2D eigenvalue weighted by atomic mass is 19.1. The summed E-state index contributed by atoms with van der Waals surface area (Å²) in [6, 6.07) is 5.17. The van der Waals surface area contributed by atoms with Gasteiger partial charge in [-0.25, -0.2) is 0 Å². The van der Waals surface area contributed by atoms with Crippen LogP contribution in [0.2, 0.25) is 0 Å². The Morgan fingerprint density at radius 3 is 2.93 bits per heavy atom. The third-order valence-electron chi connectivity index (χ3n) is 1.51. The van der Waals surface area contributed by atoms with Crippen LogP contribution in [0.5, 0.6) is 0 Å². The van der Waals surface area contributed by atoms with Crippen molar-refractivity contribution < 1.29 is 9.31 Å². The number of nitrogens with zero attached hydrogens (tertiary/aromatic N) is 2. The number of hydrogen-bond acceptors (Lipinski definition) is 4. The minimum absolute atomic E-state index is 0.0167. The van der Waals surface area contributed by atoms with E-state index in [0.29, 0.717) is 5.69 Å². The van der Waals surface area contributed by atoms with E-state index >= 15 is 0 Å². The van der Waals surface area contributed by atoms with Gasteiger partial charge in [-0.3, -0.25) is 10.1 Å². The van der Waals surface area contributed by atoms with Gasteiger partial charge in [-0.05, 0) is 12.1 Å². The Balaban J connectivity index is 2.96. The van der Waals surface area contributed by atoms with Crippen LogP contribution in [0.1, 0.15) is 0 Å². The number of nitriles is 1. The summed E-state index contributed by atoms with van der Waals surface area (Å²) in [5.74, 6) is -0.891. The molecule has 72 valence electrons. The first kappa shape index (κ1) is 9.92. The number of hydrogen-bond donors (Lipinski definition) is 1. The summed E-state index contributed by atoms with van der Waals surface area (Å²) >= 11 is 0. The zero-order valence-corrected chi connectivity index (χ0v) is 7.03. The molecule has 14 heavy (non-hydrogen) atoms. The van der Waals surface area contributed by atoms with Gasteiger partial charge < -0.3 is 5.32 Å². The van der Waals surface area contributed by atoms with Crippen LogP contribution < -0.4 is 5.32 Å². The van der Waals surface area contributed by atoms with Gasteiger partial charge in [0.15, 0.2) is 0 Å². The Labute approximate surface area is 78.9 Å². The molecule has 1 aromatic rings. The largest absolute Gasteiger partial charge is 0.372 e. The van der Waals surface area contributed by atoms with Crippen LogP contribution in [0, 0.1) is 27.3 Å². The lowest BCUT2D eigenvalue weighted by Gasteiger charge is -2.01. The van der Waals surface area contributed by atoms with Crippen LogP contribution >= 0.6 is 0 Å². The Morgan fingerprint density at radius 2 is 2.36 bits per heavy atom. The molecule has 0 radical (unpaired) electrons. The number of nitro benzene ring substituents is 1. The van der Waals surface area contributed by atoms with Crippen molar-refractivity contribution >= 4 is 11.4 Å². The molecule has 0 atom stereocenters. The van der Waals surface area contributed by atoms with Crippen LogP contribution in [0.15, 0.2) is 18.2 Å². The fraction of sp³-hybridized carbons (Fsp3) is 0.125.